The molecule has 1 fully saturated rings. The normalized spacial score (nSPS) is 13.6. The van der Waals surface area contributed by atoms with E-state index >= 15 is 0 Å². The van der Waals surface area contributed by atoms with Crippen molar-refractivity contribution in [2.75, 3.05) is 0 Å². The van der Waals surface area contributed by atoms with Crippen LogP contribution in [0.5, 0.6) is 0 Å². The Labute approximate surface area is 190 Å². The van der Waals surface area contributed by atoms with Gasteiger partial charge in [-0.1, -0.05) is 65.8 Å². The summed E-state index contributed by atoms with van der Waals surface area (Å²) in [7, 11) is 0. The number of aromatic nitrogens is 3. The Hall–Kier alpha value is -2.63. The average Bonchev–Trinajstić information content (AvgIpc) is 3.54. The van der Waals surface area contributed by atoms with Crippen LogP contribution in [0.4, 0.5) is 0 Å². The Bertz CT molecular complexity index is 1230. The quantitative estimate of drug-likeness (QED) is 0.231. The van der Waals surface area contributed by atoms with E-state index in [1.54, 1.807) is 18.0 Å². The molecular formula is C25H22ClN3OS. The van der Waals surface area contributed by atoms with Gasteiger partial charge in [-0.05, 0) is 42.0 Å². The second kappa shape index (κ2) is 8.85. The number of nitrogens with zero attached hydrogens (tertiary/aromatic N) is 3. The van der Waals surface area contributed by atoms with E-state index in [2.05, 4.69) is 9.55 Å². The van der Waals surface area contributed by atoms with Crippen LogP contribution in [0.2, 0.25) is 5.02 Å². The highest BCUT2D eigenvalue weighted by Crippen LogP contribution is 2.33. The van der Waals surface area contributed by atoms with Crippen molar-refractivity contribution < 1.29 is 4.79 Å². The van der Waals surface area contributed by atoms with Gasteiger partial charge in [0.2, 0.25) is 0 Å². The molecule has 31 heavy (non-hydrogen) atoms. The molecule has 0 saturated heterocycles. The standard InChI is InChI=1S/C25H22ClN3OS/c26-21-4-2-1-3-20(21)16-31-25-28-22-11-12-27-14-23(22)29(25)15-18-7-9-19(10-8-18)24(30)13-17-5-6-17/h1-4,7-12,14,17H,5-6,13,15-16H2. The molecule has 0 N–H and O–H groups in total. The Morgan fingerprint density at radius 3 is 2.68 bits per heavy atom. The van der Waals surface area contributed by atoms with Gasteiger partial charge in [-0.2, -0.15) is 0 Å². The third kappa shape index (κ3) is 4.68. The van der Waals surface area contributed by atoms with Crippen LogP contribution in [-0.4, -0.2) is 20.3 Å². The van der Waals surface area contributed by atoms with E-state index in [4.69, 9.17) is 16.6 Å². The van der Waals surface area contributed by atoms with Crippen LogP contribution in [-0.2, 0) is 12.3 Å². The first-order valence-electron chi connectivity index (χ1n) is 10.5. The first kappa shape index (κ1) is 20.3. The number of hydrogen-bond acceptors (Lipinski definition) is 4. The summed E-state index contributed by atoms with van der Waals surface area (Å²) in [5.74, 6) is 1.60. The molecule has 0 aliphatic heterocycles. The Morgan fingerprint density at radius 1 is 1.10 bits per heavy atom. The molecule has 1 saturated carbocycles. The molecule has 156 valence electrons. The lowest BCUT2D eigenvalue weighted by molar-refractivity contribution is 0.0976. The zero-order valence-electron chi connectivity index (χ0n) is 17.0. The molecule has 2 aromatic carbocycles. The molecule has 5 rings (SSSR count). The summed E-state index contributed by atoms with van der Waals surface area (Å²) in [6.45, 7) is 0.671. The van der Waals surface area contributed by atoms with Gasteiger partial charge >= 0.3 is 0 Å². The van der Waals surface area contributed by atoms with E-state index in [0.717, 1.165) is 43.7 Å². The summed E-state index contributed by atoms with van der Waals surface area (Å²) in [4.78, 5) is 21.5. The number of benzene rings is 2. The van der Waals surface area contributed by atoms with Crippen LogP contribution < -0.4 is 0 Å². The molecule has 0 radical (unpaired) electrons. The van der Waals surface area contributed by atoms with Gasteiger partial charge in [0.25, 0.3) is 0 Å². The number of imidazole rings is 1. The smallest absolute Gasteiger partial charge is 0.169 e. The van der Waals surface area contributed by atoms with Gasteiger partial charge in [0.15, 0.2) is 10.9 Å². The summed E-state index contributed by atoms with van der Waals surface area (Å²) in [6.07, 6.45) is 6.69. The third-order valence-corrected chi connectivity index (χ3v) is 7.01. The first-order chi connectivity index (χ1) is 15.2. The van der Waals surface area contributed by atoms with Gasteiger partial charge in [0.05, 0.1) is 23.8 Å². The van der Waals surface area contributed by atoms with Crippen molar-refractivity contribution in [3.05, 3.63) is 88.7 Å². The fraction of sp³-hybridized carbons (Fsp3) is 0.240. The summed E-state index contributed by atoms with van der Waals surface area (Å²) < 4.78 is 2.19. The number of hydrogen-bond donors (Lipinski definition) is 0. The SMILES string of the molecule is O=C(CC1CC1)c1ccc(Cn2c(SCc3ccccc3Cl)nc3ccncc32)cc1. The Morgan fingerprint density at radius 2 is 1.90 bits per heavy atom. The van der Waals surface area contributed by atoms with Gasteiger partial charge in [0.1, 0.15) is 0 Å². The molecule has 1 aliphatic rings. The summed E-state index contributed by atoms with van der Waals surface area (Å²) in [5.41, 5.74) is 4.95. The Balaban J connectivity index is 1.38. The van der Waals surface area contributed by atoms with E-state index < -0.39 is 0 Å². The largest absolute Gasteiger partial charge is 0.313 e. The van der Waals surface area contributed by atoms with Gasteiger partial charge in [0, 0.05) is 29.0 Å². The first-order valence-corrected chi connectivity index (χ1v) is 11.8. The molecular weight excluding hydrogens is 426 g/mol. The maximum absolute atomic E-state index is 12.4. The summed E-state index contributed by atoms with van der Waals surface area (Å²) in [6, 6.07) is 17.8. The molecule has 2 aromatic heterocycles. The average molecular weight is 448 g/mol. The zero-order chi connectivity index (χ0) is 21.2. The maximum atomic E-state index is 12.4. The topological polar surface area (TPSA) is 47.8 Å². The monoisotopic (exact) mass is 447 g/mol. The number of ketones is 1. The number of Topliss-reactive ketones (excluding diaryl/α,β-unsaturated/α-hetero) is 1. The zero-order valence-corrected chi connectivity index (χ0v) is 18.6. The summed E-state index contributed by atoms with van der Waals surface area (Å²) in [5, 5.41) is 1.70. The van der Waals surface area contributed by atoms with E-state index in [1.165, 1.54) is 12.8 Å². The number of fused-ring (bicyclic) bond motifs is 1. The minimum atomic E-state index is 0.252. The van der Waals surface area contributed by atoms with Crippen molar-refractivity contribution >= 4 is 40.2 Å². The molecule has 0 bridgehead atoms. The van der Waals surface area contributed by atoms with Crippen LogP contribution in [0.3, 0.4) is 0 Å². The molecule has 4 aromatic rings. The van der Waals surface area contributed by atoms with Gasteiger partial charge in [-0.3, -0.25) is 9.78 Å². The second-order valence-corrected chi connectivity index (χ2v) is 9.34. The molecule has 0 spiro atoms. The van der Waals surface area contributed by atoms with Crippen molar-refractivity contribution in [2.45, 2.75) is 36.7 Å². The fourth-order valence-electron chi connectivity index (χ4n) is 3.65. The lowest BCUT2D eigenvalue weighted by Crippen LogP contribution is -2.04. The van der Waals surface area contributed by atoms with Crippen molar-refractivity contribution in [3.63, 3.8) is 0 Å². The fourth-order valence-corrected chi connectivity index (χ4v) is 4.95. The predicted octanol–water partition coefficient (Wildman–Crippen LogP) is 6.41. The van der Waals surface area contributed by atoms with E-state index in [1.807, 2.05) is 60.8 Å². The molecule has 1 aliphatic carbocycles. The maximum Gasteiger partial charge on any atom is 0.169 e. The van der Waals surface area contributed by atoms with Crippen LogP contribution >= 0.6 is 23.4 Å². The van der Waals surface area contributed by atoms with Gasteiger partial charge in [-0.25, -0.2) is 4.98 Å². The third-order valence-electron chi connectivity index (χ3n) is 5.62. The minimum absolute atomic E-state index is 0.252. The highest BCUT2D eigenvalue weighted by Gasteiger charge is 2.24. The number of thioether (sulfide) groups is 1. The number of carbonyl (C=O) groups is 1. The number of rotatable bonds is 8. The van der Waals surface area contributed by atoms with E-state index in [-0.39, 0.29) is 5.78 Å². The van der Waals surface area contributed by atoms with E-state index in [0.29, 0.717) is 18.9 Å². The second-order valence-electron chi connectivity index (χ2n) is 7.99. The van der Waals surface area contributed by atoms with Crippen LogP contribution in [0.25, 0.3) is 11.0 Å². The van der Waals surface area contributed by atoms with Crippen molar-refractivity contribution in [1.82, 2.24) is 14.5 Å². The number of pyridine rings is 1. The van der Waals surface area contributed by atoms with Gasteiger partial charge in [-0.15, -0.1) is 0 Å². The summed E-state index contributed by atoms with van der Waals surface area (Å²) >= 11 is 8.00. The molecule has 0 amide bonds. The highest BCUT2D eigenvalue weighted by atomic mass is 35.5. The lowest BCUT2D eigenvalue weighted by atomic mass is 10.0. The van der Waals surface area contributed by atoms with Crippen LogP contribution in [0, 0.1) is 5.92 Å². The molecule has 0 unspecified atom stereocenters. The lowest BCUT2D eigenvalue weighted by Gasteiger charge is -2.10. The van der Waals surface area contributed by atoms with Crippen LogP contribution in [0.1, 0.15) is 40.7 Å². The molecule has 4 nitrogen and oxygen atoms in total. The van der Waals surface area contributed by atoms with Crippen LogP contribution in [0.15, 0.2) is 72.1 Å². The predicted molar refractivity (Wildman–Crippen MR) is 126 cm³/mol. The highest BCUT2D eigenvalue weighted by molar-refractivity contribution is 7.98. The van der Waals surface area contributed by atoms with Crippen molar-refractivity contribution in [2.24, 2.45) is 5.92 Å². The number of carbonyl (C=O) groups excluding carboxylic acids is 1. The van der Waals surface area contributed by atoms with E-state index in [9.17, 15) is 4.79 Å². The number of halogens is 1. The van der Waals surface area contributed by atoms with Crippen molar-refractivity contribution in [3.8, 4) is 0 Å². The van der Waals surface area contributed by atoms with Crippen molar-refractivity contribution in [1.29, 1.82) is 0 Å². The minimum Gasteiger partial charge on any atom is -0.313 e. The molecule has 6 heteroatoms. The Kier molecular flexibility index (Phi) is 5.79. The van der Waals surface area contributed by atoms with Gasteiger partial charge < -0.3 is 4.57 Å². The molecule has 2 heterocycles. The molecule has 0 atom stereocenters.